The standard InChI is InChI=1S/C14H19F2NO4/c1-2-20-11-3-5-12(6-4-11)21-10-14(19)17(7-8-18)9-13(15)16/h3-6,13,18H,2,7-10H2,1H3. The average molecular weight is 303 g/mol. The molecule has 0 aliphatic rings. The van der Waals surface area contributed by atoms with Crippen LogP contribution in [0.4, 0.5) is 8.78 Å². The number of halogens is 2. The highest BCUT2D eigenvalue weighted by Gasteiger charge is 2.18. The minimum Gasteiger partial charge on any atom is -0.494 e. The number of aliphatic hydroxyl groups is 1. The Labute approximate surface area is 122 Å². The Bertz CT molecular complexity index is 425. The van der Waals surface area contributed by atoms with Crippen molar-refractivity contribution in [3.05, 3.63) is 24.3 Å². The third kappa shape index (κ3) is 6.40. The van der Waals surface area contributed by atoms with E-state index in [4.69, 9.17) is 14.6 Å². The number of aliphatic hydroxyl groups excluding tert-OH is 1. The lowest BCUT2D eigenvalue weighted by Gasteiger charge is -2.21. The van der Waals surface area contributed by atoms with Crippen LogP contribution in [0.25, 0.3) is 0 Å². The Balaban J connectivity index is 2.49. The Morgan fingerprint density at radius 3 is 2.29 bits per heavy atom. The summed E-state index contributed by atoms with van der Waals surface area (Å²) in [5.41, 5.74) is 0. The molecule has 0 saturated heterocycles. The topological polar surface area (TPSA) is 59.0 Å². The van der Waals surface area contributed by atoms with Gasteiger partial charge in [-0.2, -0.15) is 0 Å². The van der Waals surface area contributed by atoms with Gasteiger partial charge in [-0.25, -0.2) is 8.78 Å². The maximum atomic E-state index is 12.3. The van der Waals surface area contributed by atoms with E-state index >= 15 is 0 Å². The predicted octanol–water partition coefficient (Wildman–Crippen LogP) is 1.55. The quantitative estimate of drug-likeness (QED) is 0.752. The lowest BCUT2D eigenvalue weighted by molar-refractivity contribution is -0.135. The van der Waals surface area contributed by atoms with Crippen LogP contribution in [0, 0.1) is 0 Å². The number of hydrogen-bond donors (Lipinski definition) is 1. The first-order chi connectivity index (χ1) is 10.1. The first-order valence-corrected chi connectivity index (χ1v) is 6.59. The van der Waals surface area contributed by atoms with Crippen molar-refractivity contribution in [2.45, 2.75) is 13.3 Å². The second-order valence-corrected chi connectivity index (χ2v) is 4.15. The molecule has 0 aliphatic carbocycles. The Morgan fingerprint density at radius 2 is 1.81 bits per heavy atom. The number of rotatable bonds is 9. The van der Waals surface area contributed by atoms with Gasteiger partial charge in [0.15, 0.2) is 6.61 Å². The lowest BCUT2D eigenvalue weighted by Crippen LogP contribution is -2.40. The fraction of sp³-hybridized carbons (Fsp3) is 0.500. The summed E-state index contributed by atoms with van der Waals surface area (Å²) in [6.07, 6.45) is -2.65. The van der Waals surface area contributed by atoms with Crippen LogP contribution in [0.2, 0.25) is 0 Å². The summed E-state index contributed by atoms with van der Waals surface area (Å²) in [5.74, 6) is 0.516. The van der Waals surface area contributed by atoms with Gasteiger partial charge < -0.3 is 19.5 Å². The van der Waals surface area contributed by atoms with Gasteiger partial charge in [-0.05, 0) is 31.2 Å². The zero-order valence-electron chi connectivity index (χ0n) is 11.8. The van der Waals surface area contributed by atoms with E-state index in [9.17, 15) is 13.6 Å². The van der Waals surface area contributed by atoms with Crippen molar-refractivity contribution in [1.29, 1.82) is 0 Å². The van der Waals surface area contributed by atoms with Crippen molar-refractivity contribution < 1.29 is 28.2 Å². The summed E-state index contributed by atoms with van der Waals surface area (Å²) in [6, 6.07) is 6.63. The molecule has 0 aromatic heterocycles. The van der Waals surface area contributed by atoms with Gasteiger partial charge in [0, 0.05) is 6.54 Å². The maximum absolute atomic E-state index is 12.3. The zero-order valence-corrected chi connectivity index (χ0v) is 11.8. The molecule has 0 radical (unpaired) electrons. The van der Waals surface area contributed by atoms with Crippen molar-refractivity contribution in [1.82, 2.24) is 4.90 Å². The van der Waals surface area contributed by atoms with Crippen LogP contribution in [-0.4, -0.2) is 55.2 Å². The van der Waals surface area contributed by atoms with E-state index in [1.165, 1.54) is 0 Å². The van der Waals surface area contributed by atoms with Gasteiger partial charge in [0.1, 0.15) is 11.5 Å². The van der Waals surface area contributed by atoms with Crippen LogP contribution in [0.15, 0.2) is 24.3 Å². The Kier molecular flexibility index (Phi) is 7.45. The van der Waals surface area contributed by atoms with Crippen LogP contribution >= 0.6 is 0 Å². The van der Waals surface area contributed by atoms with Crippen LogP contribution in [0.3, 0.4) is 0 Å². The number of benzene rings is 1. The minimum atomic E-state index is -2.65. The van der Waals surface area contributed by atoms with Crippen molar-refractivity contribution >= 4 is 5.91 Å². The molecule has 0 bridgehead atoms. The zero-order chi connectivity index (χ0) is 15.7. The molecule has 0 saturated carbocycles. The van der Waals surface area contributed by atoms with E-state index in [0.29, 0.717) is 18.1 Å². The van der Waals surface area contributed by atoms with E-state index in [1.54, 1.807) is 24.3 Å². The van der Waals surface area contributed by atoms with Crippen molar-refractivity contribution in [2.24, 2.45) is 0 Å². The molecule has 0 fully saturated rings. The van der Waals surface area contributed by atoms with E-state index in [1.807, 2.05) is 6.92 Å². The molecule has 1 aromatic carbocycles. The van der Waals surface area contributed by atoms with Crippen molar-refractivity contribution in [3.8, 4) is 11.5 Å². The van der Waals surface area contributed by atoms with Gasteiger partial charge in [0.05, 0.1) is 19.8 Å². The maximum Gasteiger partial charge on any atom is 0.260 e. The number of carbonyl (C=O) groups is 1. The molecule has 0 aliphatic heterocycles. The molecule has 1 rings (SSSR count). The first-order valence-electron chi connectivity index (χ1n) is 6.59. The molecule has 0 unspecified atom stereocenters. The summed E-state index contributed by atoms with van der Waals surface area (Å²) in [5, 5.41) is 8.77. The molecule has 1 amide bonds. The molecule has 118 valence electrons. The molecule has 0 spiro atoms. The molecule has 0 heterocycles. The molecular weight excluding hydrogens is 284 g/mol. The molecule has 5 nitrogen and oxygen atoms in total. The second-order valence-electron chi connectivity index (χ2n) is 4.15. The van der Waals surface area contributed by atoms with Crippen LogP contribution in [0.5, 0.6) is 11.5 Å². The summed E-state index contributed by atoms with van der Waals surface area (Å²) in [7, 11) is 0. The highest BCUT2D eigenvalue weighted by Crippen LogP contribution is 2.17. The highest BCUT2D eigenvalue weighted by molar-refractivity contribution is 5.77. The van der Waals surface area contributed by atoms with Crippen LogP contribution < -0.4 is 9.47 Å². The van der Waals surface area contributed by atoms with E-state index in [-0.39, 0.29) is 19.8 Å². The van der Waals surface area contributed by atoms with Crippen LogP contribution in [-0.2, 0) is 4.79 Å². The third-order valence-corrected chi connectivity index (χ3v) is 2.58. The highest BCUT2D eigenvalue weighted by atomic mass is 19.3. The Morgan fingerprint density at radius 1 is 1.24 bits per heavy atom. The third-order valence-electron chi connectivity index (χ3n) is 2.58. The number of amides is 1. The number of nitrogens with zero attached hydrogens (tertiary/aromatic N) is 1. The largest absolute Gasteiger partial charge is 0.494 e. The summed E-state index contributed by atoms with van der Waals surface area (Å²) in [4.78, 5) is 12.6. The molecule has 1 N–H and O–H groups in total. The van der Waals surface area contributed by atoms with Gasteiger partial charge >= 0.3 is 0 Å². The SMILES string of the molecule is CCOc1ccc(OCC(=O)N(CCO)CC(F)F)cc1. The number of alkyl halides is 2. The molecule has 1 aromatic rings. The van der Waals surface area contributed by atoms with Crippen LogP contribution in [0.1, 0.15) is 6.92 Å². The molecule has 21 heavy (non-hydrogen) atoms. The number of ether oxygens (including phenoxy) is 2. The molecule has 0 atom stereocenters. The number of hydrogen-bond acceptors (Lipinski definition) is 4. The molecule has 7 heteroatoms. The smallest absolute Gasteiger partial charge is 0.260 e. The Hall–Kier alpha value is -1.89. The van der Waals surface area contributed by atoms with Gasteiger partial charge in [0.2, 0.25) is 0 Å². The average Bonchev–Trinajstić information content (AvgIpc) is 2.45. The summed E-state index contributed by atoms with van der Waals surface area (Å²) in [6.45, 7) is 0.814. The first kappa shape index (κ1) is 17.2. The second kappa shape index (κ2) is 9.12. The minimum absolute atomic E-state index is 0.143. The summed E-state index contributed by atoms with van der Waals surface area (Å²) >= 11 is 0. The molecular formula is C14H19F2NO4. The fourth-order valence-corrected chi connectivity index (χ4v) is 1.64. The van der Waals surface area contributed by atoms with Crippen molar-refractivity contribution in [3.63, 3.8) is 0 Å². The van der Waals surface area contributed by atoms with E-state index in [0.717, 1.165) is 4.90 Å². The van der Waals surface area contributed by atoms with Gasteiger partial charge in [-0.15, -0.1) is 0 Å². The summed E-state index contributed by atoms with van der Waals surface area (Å²) < 4.78 is 35.1. The van der Waals surface area contributed by atoms with E-state index in [2.05, 4.69) is 0 Å². The van der Waals surface area contributed by atoms with Gasteiger partial charge in [0.25, 0.3) is 12.3 Å². The lowest BCUT2D eigenvalue weighted by atomic mass is 10.3. The van der Waals surface area contributed by atoms with Gasteiger partial charge in [-0.1, -0.05) is 0 Å². The van der Waals surface area contributed by atoms with Crippen molar-refractivity contribution in [2.75, 3.05) is 32.9 Å². The normalized spacial score (nSPS) is 10.5. The predicted molar refractivity (Wildman–Crippen MR) is 72.8 cm³/mol. The van der Waals surface area contributed by atoms with E-state index < -0.39 is 18.9 Å². The van der Waals surface area contributed by atoms with Gasteiger partial charge in [-0.3, -0.25) is 4.79 Å². The monoisotopic (exact) mass is 303 g/mol. The fourth-order valence-electron chi connectivity index (χ4n) is 1.64. The number of carbonyl (C=O) groups excluding carboxylic acids is 1.